The number of aryl methyl sites for hydroxylation is 1. The highest BCUT2D eigenvalue weighted by Gasteiger charge is 2.15. The average Bonchev–Trinajstić information content (AvgIpc) is 2.82. The lowest BCUT2D eigenvalue weighted by atomic mass is 10.2. The summed E-state index contributed by atoms with van der Waals surface area (Å²) in [6.45, 7) is 7.42. The van der Waals surface area contributed by atoms with Crippen molar-refractivity contribution in [3.8, 4) is 11.5 Å². The van der Waals surface area contributed by atoms with E-state index in [9.17, 15) is 0 Å². The minimum atomic E-state index is 0.544. The third-order valence-electron chi connectivity index (χ3n) is 5.77. The van der Waals surface area contributed by atoms with Crippen LogP contribution in [0.2, 0.25) is 0 Å². The smallest absolute Gasteiger partial charge is 0.229 e. The van der Waals surface area contributed by atoms with Crippen molar-refractivity contribution in [3.05, 3.63) is 54.2 Å². The first-order valence-electron chi connectivity index (χ1n) is 10.9. The Balaban J connectivity index is 1.27. The fourth-order valence-corrected chi connectivity index (χ4v) is 3.84. The van der Waals surface area contributed by atoms with E-state index < -0.39 is 0 Å². The number of aromatic nitrogens is 2. The number of nitrogens with one attached hydrogen (secondary N) is 2. The molecule has 2 aliphatic heterocycles. The van der Waals surface area contributed by atoms with Gasteiger partial charge in [0.1, 0.15) is 19.0 Å². The Hall–Kier alpha value is -3.52. The van der Waals surface area contributed by atoms with E-state index in [0.717, 1.165) is 60.4 Å². The molecular weight excluding hydrogens is 404 g/mol. The molecule has 8 heteroatoms. The zero-order chi connectivity index (χ0) is 21.9. The summed E-state index contributed by atoms with van der Waals surface area (Å²) in [6, 6.07) is 14.2. The monoisotopic (exact) mass is 432 g/mol. The summed E-state index contributed by atoms with van der Waals surface area (Å²) in [5.41, 5.74) is 4.04. The van der Waals surface area contributed by atoms with E-state index in [1.54, 1.807) is 0 Å². The summed E-state index contributed by atoms with van der Waals surface area (Å²) >= 11 is 0. The van der Waals surface area contributed by atoms with Gasteiger partial charge < -0.3 is 29.9 Å². The number of anilines is 5. The van der Waals surface area contributed by atoms with Crippen LogP contribution in [0.25, 0.3) is 0 Å². The molecule has 0 atom stereocenters. The van der Waals surface area contributed by atoms with Crippen LogP contribution in [0.4, 0.5) is 28.8 Å². The molecule has 2 aromatic carbocycles. The number of hydrogen-bond donors (Lipinski definition) is 2. The predicted molar refractivity (Wildman–Crippen MR) is 127 cm³/mol. The maximum Gasteiger partial charge on any atom is 0.229 e. The van der Waals surface area contributed by atoms with Crippen LogP contribution in [0.1, 0.15) is 5.56 Å². The van der Waals surface area contributed by atoms with E-state index in [0.29, 0.717) is 19.2 Å². The number of piperazine rings is 1. The van der Waals surface area contributed by atoms with E-state index in [-0.39, 0.29) is 0 Å². The van der Waals surface area contributed by atoms with E-state index in [1.807, 2.05) is 31.3 Å². The van der Waals surface area contributed by atoms with Gasteiger partial charge in [0.2, 0.25) is 5.95 Å². The molecule has 1 fully saturated rings. The van der Waals surface area contributed by atoms with Gasteiger partial charge in [-0.05, 0) is 50.4 Å². The first-order chi connectivity index (χ1) is 15.6. The Morgan fingerprint density at radius 2 is 1.56 bits per heavy atom. The average molecular weight is 433 g/mol. The molecule has 0 amide bonds. The summed E-state index contributed by atoms with van der Waals surface area (Å²) in [4.78, 5) is 13.9. The molecule has 3 aromatic rings. The highest BCUT2D eigenvalue weighted by molar-refractivity contribution is 5.65. The van der Waals surface area contributed by atoms with Gasteiger partial charge in [-0.1, -0.05) is 0 Å². The minimum Gasteiger partial charge on any atom is -0.486 e. The molecule has 0 radical (unpaired) electrons. The van der Waals surface area contributed by atoms with E-state index >= 15 is 0 Å². The van der Waals surface area contributed by atoms with Crippen molar-refractivity contribution >= 4 is 28.8 Å². The number of hydrogen-bond acceptors (Lipinski definition) is 8. The van der Waals surface area contributed by atoms with Crippen molar-refractivity contribution < 1.29 is 9.47 Å². The van der Waals surface area contributed by atoms with Crippen LogP contribution in [-0.2, 0) is 0 Å². The van der Waals surface area contributed by atoms with Crippen molar-refractivity contribution in [3.63, 3.8) is 0 Å². The van der Waals surface area contributed by atoms with Crippen LogP contribution in [0.5, 0.6) is 11.5 Å². The highest BCUT2D eigenvalue weighted by atomic mass is 16.6. The second-order valence-electron chi connectivity index (χ2n) is 8.17. The molecule has 0 spiro atoms. The van der Waals surface area contributed by atoms with E-state index in [2.05, 4.69) is 61.7 Å². The second kappa shape index (κ2) is 8.92. The first kappa shape index (κ1) is 20.4. The summed E-state index contributed by atoms with van der Waals surface area (Å²) in [6.07, 6.45) is 1.81. The molecule has 2 N–H and O–H groups in total. The maximum absolute atomic E-state index is 5.68. The predicted octanol–water partition coefficient (Wildman–Crippen LogP) is 3.80. The largest absolute Gasteiger partial charge is 0.486 e. The summed E-state index contributed by atoms with van der Waals surface area (Å²) in [5.74, 6) is 2.80. The van der Waals surface area contributed by atoms with Crippen LogP contribution in [0, 0.1) is 6.92 Å². The second-order valence-corrected chi connectivity index (χ2v) is 8.17. The number of ether oxygens (including phenoxy) is 2. The van der Waals surface area contributed by atoms with Crippen LogP contribution in [0.15, 0.2) is 48.7 Å². The molecule has 0 unspecified atom stereocenters. The van der Waals surface area contributed by atoms with Crippen LogP contribution in [0.3, 0.4) is 0 Å². The zero-order valence-corrected chi connectivity index (χ0v) is 18.5. The Kier molecular flexibility index (Phi) is 5.68. The SMILES string of the molecule is Cc1cnc(Nc2ccc(N3CCN(C)CC3)cc2)nc1Nc1ccc2c(c1)OCCO2. The Labute approximate surface area is 188 Å². The number of benzene rings is 2. The highest BCUT2D eigenvalue weighted by Crippen LogP contribution is 2.34. The number of rotatable bonds is 5. The molecule has 5 rings (SSSR count). The van der Waals surface area contributed by atoms with Crippen LogP contribution >= 0.6 is 0 Å². The first-order valence-corrected chi connectivity index (χ1v) is 10.9. The quantitative estimate of drug-likeness (QED) is 0.631. The number of fused-ring (bicyclic) bond motifs is 1. The van der Waals surface area contributed by atoms with Gasteiger partial charge in [0, 0.05) is 61.1 Å². The van der Waals surface area contributed by atoms with Gasteiger partial charge in [-0.15, -0.1) is 0 Å². The van der Waals surface area contributed by atoms with E-state index in [1.165, 1.54) is 5.69 Å². The van der Waals surface area contributed by atoms with Crippen molar-refractivity contribution in [2.75, 3.05) is 62.0 Å². The van der Waals surface area contributed by atoms with Gasteiger partial charge in [-0.3, -0.25) is 0 Å². The van der Waals surface area contributed by atoms with E-state index in [4.69, 9.17) is 9.47 Å². The fraction of sp³-hybridized carbons (Fsp3) is 0.333. The minimum absolute atomic E-state index is 0.544. The number of likely N-dealkylation sites (N-methyl/N-ethyl adjacent to an activating group) is 1. The molecule has 0 saturated carbocycles. The molecule has 1 aromatic heterocycles. The number of nitrogens with zero attached hydrogens (tertiary/aromatic N) is 4. The third kappa shape index (κ3) is 4.55. The normalized spacial score (nSPS) is 16.0. The van der Waals surface area contributed by atoms with Crippen molar-refractivity contribution in [1.82, 2.24) is 14.9 Å². The summed E-state index contributed by atoms with van der Waals surface area (Å²) in [5, 5.41) is 6.68. The van der Waals surface area contributed by atoms with Gasteiger partial charge in [0.05, 0.1) is 0 Å². The molecule has 32 heavy (non-hydrogen) atoms. The molecule has 2 aliphatic rings. The Bertz CT molecular complexity index is 1080. The summed E-state index contributed by atoms with van der Waals surface area (Å²) in [7, 11) is 2.17. The maximum atomic E-state index is 5.68. The molecule has 1 saturated heterocycles. The molecular formula is C24H28N6O2. The molecule has 166 valence electrons. The molecule has 3 heterocycles. The van der Waals surface area contributed by atoms with Crippen molar-refractivity contribution in [2.45, 2.75) is 6.92 Å². The lowest BCUT2D eigenvalue weighted by molar-refractivity contribution is 0.171. The standard InChI is InChI=1S/C24H28N6O2/c1-17-16-25-24(27-18-3-6-20(7-4-18)30-11-9-29(2)10-12-30)28-23(17)26-19-5-8-21-22(15-19)32-14-13-31-21/h3-8,15-16H,9-14H2,1-2H3,(H2,25,26,27,28). The Morgan fingerprint density at radius 3 is 2.34 bits per heavy atom. The zero-order valence-electron chi connectivity index (χ0n) is 18.5. The van der Waals surface area contributed by atoms with Gasteiger partial charge in [-0.25, -0.2) is 4.98 Å². The lowest BCUT2D eigenvalue weighted by Crippen LogP contribution is -2.44. The van der Waals surface area contributed by atoms with Crippen molar-refractivity contribution in [1.29, 1.82) is 0 Å². The Morgan fingerprint density at radius 1 is 0.844 bits per heavy atom. The fourth-order valence-electron chi connectivity index (χ4n) is 3.84. The van der Waals surface area contributed by atoms with Gasteiger partial charge >= 0.3 is 0 Å². The van der Waals surface area contributed by atoms with Crippen LogP contribution in [-0.4, -0.2) is 61.3 Å². The molecule has 0 aliphatic carbocycles. The van der Waals surface area contributed by atoms with Gasteiger partial charge in [0.25, 0.3) is 0 Å². The van der Waals surface area contributed by atoms with Crippen molar-refractivity contribution in [2.24, 2.45) is 0 Å². The van der Waals surface area contributed by atoms with Crippen LogP contribution < -0.4 is 25.0 Å². The lowest BCUT2D eigenvalue weighted by Gasteiger charge is -2.34. The molecule has 8 nitrogen and oxygen atoms in total. The van der Waals surface area contributed by atoms with Gasteiger partial charge in [0.15, 0.2) is 11.5 Å². The van der Waals surface area contributed by atoms with Gasteiger partial charge in [-0.2, -0.15) is 4.98 Å². The molecule has 0 bridgehead atoms. The topological polar surface area (TPSA) is 74.8 Å². The summed E-state index contributed by atoms with van der Waals surface area (Å²) < 4.78 is 11.3. The third-order valence-corrected chi connectivity index (χ3v) is 5.77.